The van der Waals surface area contributed by atoms with E-state index in [4.69, 9.17) is 0 Å². The predicted molar refractivity (Wildman–Crippen MR) is 141 cm³/mol. The Morgan fingerprint density at radius 1 is 0.912 bits per heavy atom. The number of hydrogen-bond acceptors (Lipinski definition) is 5. The lowest BCUT2D eigenvalue weighted by atomic mass is 10.0. The highest BCUT2D eigenvalue weighted by Gasteiger charge is 2.18. The third-order valence-electron chi connectivity index (χ3n) is 5.29. The Kier molecular flexibility index (Phi) is 6.56. The Hall–Kier alpha value is -3.68. The average molecular weight is 483 g/mol. The number of para-hydroxylation sites is 1. The topological polar surface area (TPSA) is 59.8 Å². The summed E-state index contributed by atoms with van der Waals surface area (Å²) in [6.07, 6.45) is 0. The molecule has 0 fully saturated rings. The smallest absolute Gasteiger partial charge is 0.234 e. The molecule has 0 unspecified atom stereocenters. The van der Waals surface area contributed by atoms with E-state index in [9.17, 15) is 4.79 Å². The largest absolute Gasteiger partial charge is 0.325 e. The van der Waals surface area contributed by atoms with Crippen LogP contribution >= 0.6 is 23.1 Å². The zero-order chi connectivity index (χ0) is 23.3. The maximum atomic E-state index is 12.9. The standard InChI is InChI=1S/C27H22N4OS2/c1-19-13-15-21(16-14-19)31-26(24-12-7-17-33-24)29-30-27(31)34-18-25(32)28-23-11-6-5-10-22(23)20-8-3-2-4-9-20/h2-17H,18H2,1H3,(H,28,32). The van der Waals surface area contributed by atoms with E-state index in [2.05, 4.69) is 46.7 Å². The van der Waals surface area contributed by atoms with E-state index in [1.165, 1.54) is 17.3 Å². The van der Waals surface area contributed by atoms with Gasteiger partial charge in [-0.25, -0.2) is 0 Å². The van der Waals surface area contributed by atoms with Gasteiger partial charge in [-0.15, -0.1) is 21.5 Å². The Morgan fingerprint density at radius 2 is 1.68 bits per heavy atom. The van der Waals surface area contributed by atoms with Crippen LogP contribution < -0.4 is 5.32 Å². The first kappa shape index (κ1) is 22.1. The molecule has 2 heterocycles. The Morgan fingerprint density at radius 3 is 2.44 bits per heavy atom. The number of thioether (sulfide) groups is 1. The highest BCUT2D eigenvalue weighted by Crippen LogP contribution is 2.31. The summed E-state index contributed by atoms with van der Waals surface area (Å²) in [4.78, 5) is 13.9. The second kappa shape index (κ2) is 10.1. The Labute approximate surface area is 206 Å². The summed E-state index contributed by atoms with van der Waals surface area (Å²) in [5, 5.41) is 14.6. The molecule has 0 saturated carbocycles. The molecule has 0 saturated heterocycles. The lowest BCUT2D eigenvalue weighted by Gasteiger charge is -2.12. The van der Waals surface area contributed by atoms with Crippen LogP contribution in [-0.4, -0.2) is 26.4 Å². The number of benzene rings is 3. The predicted octanol–water partition coefficient (Wildman–Crippen LogP) is 6.70. The Balaban J connectivity index is 1.37. The highest BCUT2D eigenvalue weighted by molar-refractivity contribution is 7.99. The number of nitrogens with zero attached hydrogens (tertiary/aromatic N) is 3. The molecule has 0 radical (unpaired) electrons. The first-order chi connectivity index (χ1) is 16.7. The number of anilines is 1. The molecule has 0 atom stereocenters. The molecule has 5 rings (SSSR count). The van der Waals surface area contributed by atoms with Gasteiger partial charge in [-0.2, -0.15) is 0 Å². The summed E-state index contributed by atoms with van der Waals surface area (Å²) in [7, 11) is 0. The molecule has 0 aliphatic rings. The third kappa shape index (κ3) is 4.81. The molecule has 34 heavy (non-hydrogen) atoms. The van der Waals surface area contributed by atoms with Gasteiger partial charge < -0.3 is 5.32 Å². The van der Waals surface area contributed by atoms with Gasteiger partial charge in [-0.1, -0.05) is 84.1 Å². The van der Waals surface area contributed by atoms with Crippen molar-refractivity contribution >= 4 is 34.7 Å². The van der Waals surface area contributed by atoms with Gasteiger partial charge in [0.2, 0.25) is 5.91 Å². The second-order valence-corrected chi connectivity index (χ2v) is 9.59. The Bertz CT molecular complexity index is 1390. The van der Waals surface area contributed by atoms with Gasteiger partial charge >= 0.3 is 0 Å². The van der Waals surface area contributed by atoms with Crippen molar-refractivity contribution in [3.8, 4) is 27.5 Å². The SMILES string of the molecule is Cc1ccc(-n2c(SCC(=O)Nc3ccccc3-c3ccccc3)nnc2-c2cccs2)cc1. The number of rotatable bonds is 7. The number of carbonyl (C=O) groups is 1. The number of aromatic nitrogens is 3. The fraction of sp³-hybridized carbons (Fsp3) is 0.0741. The van der Waals surface area contributed by atoms with Crippen LogP contribution in [0.3, 0.4) is 0 Å². The van der Waals surface area contributed by atoms with E-state index >= 15 is 0 Å². The van der Waals surface area contributed by atoms with Gasteiger partial charge in [0, 0.05) is 16.9 Å². The van der Waals surface area contributed by atoms with Crippen LogP contribution in [0.4, 0.5) is 5.69 Å². The molecule has 5 aromatic rings. The third-order valence-corrected chi connectivity index (χ3v) is 7.08. The molecule has 0 aliphatic carbocycles. The van der Waals surface area contributed by atoms with E-state index in [1.807, 2.05) is 76.7 Å². The number of hydrogen-bond donors (Lipinski definition) is 1. The van der Waals surface area contributed by atoms with Crippen LogP contribution in [0.15, 0.2) is 102 Å². The fourth-order valence-corrected chi connectivity index (χ4v) is 5.08. The minimum Gasteiger partial charge on any atom is -0.325 e. The van der Waals surface area contributed by atoms with Crippen LogP contribution in [0.1, 0.15) is 5.56 Å². The lowest BCUT2D eigenvalue weighted by Crippen LogP contribution is -2.15. The molecule has 0 bridgehead atoms. The van der Waals surface area contributed by atoms with Crippen molar-refractivity contribution in [2.45, 2.75) is 12.1 Å². The fourth-order valence-electron chi connectivity index (χ4n) is 3.63. The lowest BCUT2D eigenvalue weighted by molar-refractivity contribution is -0.113. The highest BCUT2D eigenvalue weighted by atomic mass is 32.2. The minimum atomic E-state index is -0.0930. The van der Waals surface area contributed by atoms with Gasteiger partial charge in [0.25, 0.3) is 0 Å². The van der Waals surface area contributed by atoms with Crippen LogP contribution in [0.5, 0.6) is 0 Å². The van der Waals surface area contributed by atoms with Crippen molar-refractivity contribution in [3.05, 3.63) is 102 Å². The molecule has 3 aromatic carbocycles. The molecule has 0 aliphatic heterocycles. The summed E-state index contributed by atoms with van der Waals surface area (Å²) in [6.45, 7) is 2.06. The minimum absolute atomic E-state index is 0.0930. The van der Waals surface area contributed by atoms with Crippen molar-refractivity contribution in [1.82, 2.24) is 14.8 Å². The molecule has 1 N–H and O–H groups in total. The van der Waals surface area contributed by atoms with Crippen molar-refractivity contribution in [2.24, 2.45) is 0 Å². The number of nitrogens with one attached hydrogen (secondary N) is 1. The molecule has 168 valence electrons. The van der Waals surface area contributed by atoms with E-state index < -0.39 is 0 Å². The molecule has 2 aromatic heterocycles. The van der Waals surface area contributed by atoms with Gasteiger partial charge in [0.15, 0.2) is 11.0 Å². The number of aryl methyl sites for hydroxylation is 1. The summed E-state index contributed by atoms with van der Waals surface area (Å²) in [5.74, 6) is 0.901. The van der Waals surface area contributed by atoms with Crippen molar-refractivity contribution in [3.63, 3.8) is 0 Å². The maximum absolute atomic E-state index is 12.9. The van der Waals surface area contributed by atoms with Crippen molar-refractivity contribution in [2.75, 3.05) is 11.1 Å². The molecular weight excluding hydrogens is 460 g/mol. The first-order valence-electron chi connectivity index (χ1n) is 10.8. The van der Waals surface area contributed by atoms with Crippen LogP contribution in [0.25, 0.3) is 27.5 Å². The summed E-state index contributed by atoms with van der Waals surface area (Å²) >= 11 is 2.99. The molecule has 5 nitrogen and oxygen atoms in total. The normalized spacial score (nSPS) is 10.9. The number of thiophene rings is 1. The molecule has 7 heteroatoms. The summed E-state index contributed by atoms with van der Waals surface area (Å²) < 4.78 is 2.02. The van der Waals surface area contributed by atoms with Gasteiger partial charge in [0.1, 0.15) is 0 Å². The van der Waals surface area contributed by atoms with E-state index in [0.29, 0.717) is 5.16 Å². The van der Waals surface area contributed by atoms with E-state index in [0.717, 1.165) is 33.2 Å². The molecule has 1 amide bonds. The monoisotopic (exact) mass is 482 g/mol. The van der Waals surface area contributed by atoms with E-state index in [1.54, 1.807) is 11.3 Å². The average Bonchev–Trinajstić information content (AvgIpc) is 3.54. The summed E-state index contributed by atoms with van der Waals surface area (Å²) in [6, 6.07) is 30.1. The number of carbonyl (C=O) groups excluding carboxylic acids is 1. The quantitative estimate of drug-likeness (QED) is 0.262. The van der Waals surface area contributed by atoms with Crippen LogP contribution in [0, 0.1) is 6.92 Å². The second-order valence-electron chi connectivity index (χ2n) is 7.70. The van der Waals surface area contributed by atoms with Crippen molar-refractivity contribution < 1.29 is 4.79 Å². The van der Waals surface area contributed by atoms with Gasteiger partial charge in [-0.3, -0.25) is 9.36 Å². The van der Waals surface area contributed by atoms with Crippen molar-refractivity contribution in [1.29, 1.82) is 0 Å². The molecule has 0 spiro atoms. The van der Waals surface area contributed by atoms with Gasteiger partial charge in [-0.05, 0) is 42.1 Å². The number of amides is 1. The molecular formula is C27H22N4OS2. The zero-order valence-corrected chi connectivity index (χ0v) is 20.1. The van der Waals surface area contributed by atoms with Gasteiger partial charge in [0.05, 0.1) is 10.6 Å². The summed E-state index contributed by atoms with van der Waals surface area (Å²) in [5.41, 5.74) is 4.99. The van der Waals surface area contributed by atoms with Crippen LogP contribution in [0.2, 0.25) is 0 Å². The van der Waals surface area contributed by atoms with E-state index in [-0.39, 0.29) is 11.7 Å². The zero-order valence-electron chi connectivity index (χ0n) is 18.5. The maximum Gasteiger partial charge on any atom is 0.234 e. The van der Waals surface area contributed by atoms with Crippen LogP contribution in [-0.2, 0) is 4.79 Å². The first-order valence-corrected chi connectivity index (χ1v) is 12.7.